The Morgan fingerprint density at radius 2 is 1.88 bits per heavy atom. The minimum absolute atomic E-state index is 0.0248. The molecule has 1 rings (SSSR count). The van der Waals surface area contributed by atoms with Crippen LogP contribution in [0.5, 0.6) is 0 Å². The molecule has 0 fully saturated rings. The van der Waals surface area contributed by atoms with E-state index >= 15 is 0 Å². The van der Waals surface area contributed by atoms with Crippen molar-refractivity contribution in [3.63, 3.8) is 0 Å². The second kappa shape index (κ2) is 6.77. The fourth-order valence-electron chi connectivity index (χ4n) is 1.71. The van der Waals surface area contributed by atoms with Crippen LogP contribution in [0, 0.1) is 0 Å². The summed E-state index contributed by atoms with van der Waals surface area (Å²) in [5.74, 6) is 0.557. The molecule has 1 atom stereocenters. The zero-order valence-electron chi connectivity index (χ0n) is 11.5. The molecule has 0 spiro atoms. The summed E-state index contributed by atoms with van der Waals surface area (Å²) < 4.78 is 5.39. The number of hydrogen-bond donors (Lipinski definition) is 1. The summed E-state index contributed by atoms with van der Waals surface area (Å²) >= 11 is 0. The van der Waals surface area contributed by atoms with Crippen LogP contribution in [0.1, 0.15) is 38.7 Å². The summed E-state index contributed by atoms with van der Waals surface area (Å²) in [5, 5.41) is 3.49. The van der Waals surface area contributed by atoms with Gasteiger partial charge < -0.3 is 10.1 Å². The van der Waals surface area contributed by atoms with Gasteiger partial charge in [0.25, 0.3) is 0 Å². The fraction of sp³-hybridized carbons (Fsp3) is 0.600. The Morgan fingerprint density at radius 3 is 2.47 bits per heavy atom. The molecule has 17 heavy (non-hydrogen) atoms. The third-order valence-electron chi connectivity index (χ3n) is 3.28. The van der Waals surface area contributed by atoms with Crippen LogP contribution in [0.4, 0.5) is 0 Å². The molecule has 2 nitrogen and oxygen atoms in total. The largest absolute Gasteiger partial charge is 0.379 e. The van der Waals surface area contributed by atoms with Crippen molar-refractivity contribution in [1.82, 2.24) is 5.32 Å². The zero-order valence-corrected chi connectivity index (χ0v) is 11.5. The van der Waals surface area contributed by atoms with Gasteiger partial charge in [-0.3, -0.25) is 0 Å². The molecular formula is C15H25NO. The van der Waals surface area contributed by atoms with E-state index in [4.69, 9.17) is 4.74 Å². The fourth-order valence-corrected chi connectivity index (χ4v) is 1.71. The van der Waals surface area contributed by atoms with Gasteiger partial charge in [0.05, 0.1) is 5.60 Å². The number of nitrogens with one attached hydrogen (secondary N) is 1. The van der Waals surface area contributed by atoms with E-state index in [0.29, 0.717) is 5.92 Å². The van der Waals surface area contributed by atoms with E-state index in [-0.39, 0.29) is 5.60 Å². The van der Waals surface area contributed by atoms with E-state index in [1.807, 2.05) is 0 Å². The number of ether oxygens (including phenoxy) is 1. The minimum Gasteiger partial charge on any atom is -0.379 e. The van der Waals surface area contributed by atoms with Crippen molar-refractivity contribution < 1.29 is 4.74 Å². The summed E-state index contributed by atoms with van der Waals surface area (Å²) in [7, 11) is 1.77. The summed E-state index contributed by atoms with van der Waals surface area (Å²) in [6, 6.07) is 10.6. The first kappa shape index (κ1) is 14.2. The molecular weight excluding hydrogens is 210 g/mol. The predicted octanol–water partition coefficient (Wildman–Crippen LogP) is 3.19. The smallest absolute Gasteiger partial charge is 0.0634 e. The van der Waals surface area contributed by atoms with E-state index in [2.05, 4.69) is 56.4 Å². The zero-order chi connectivity index (χ0) is 12.7. The maximum atomic E-state index is 5.39. The Hall–Kier alpha value is -0.860. The first-order chi connectivity index (χ1) is 8.05. The Bertz CT molecular complexity index is 308. The molecule has 0 radical (unpaired) electrons. The van der Waals surface area contributed by atoms with E-state index in [1.165, 1.54) is 5.56 Å². The van der Waals surface area contributed by atoms with Crippen molar-refractivity contribution in [3.8, 4) is 0 Å². The predicted molar refractivity (Wildman–Crippen MR) is 73.4 cm³/mol. The molecule has 0 bridgehead atoms. The SMILES string of the molecule is COC(C)(C)CCNCC(C)c1ccccc1. The lowest BCUT2D eigenvalue weighted by atomic mass is 10.0. The van der Waals surface area contributed by atoms with Gasteiger partial charge in [0, 0.05) is 13.7 Å². The molecule has 0 saturated heterocycles. The van der Waals surface area contributed by atoms with Crippen molar-refractivity contribution >= 4 is 0 Å². The van der Waals surface area contributed by atoms with Crippen LogP contribution in [0.25, 0.3) is 0 Å². The first-order valence-corrected chi connectivity index (χ1v) is 6.36. The molecule has 0 saturated carbocycles. The Kier molecular flexibility index (Phi) is 5.66. The Balaban J connectivity index is 2.24. The molecule has 1 aromatic carbocycles. The summed E-state index contributed by atoms with van der Waals surface area (Å²) in [5.41, 5.74) is 1.37. The molecule has 96 valence electrons. The molecule has 0 aliphatic rings. The third kappa shape index (κ3) is 5.33. The third-order valence-corrected chi connectivity index (χ3v) is 3.28. The van der Waals surface area contributed by atoms with Crippen LogP contribution in [-0.2, 0) is 4.74 Å². The average molecular weight is 235 g/mol. The highest BCUT2D eigenvalue weighted by atomic mass is 16.5. The van der Waals surface area contributed by atoms with Crippen molar-refractivity contribution in [2.24, 2.45) is 0 Å². The standard InChI is InChI=1S/C15H25NO/c1-13(14-8-6-5-7-9-14)12-16-11-10-15(2,3)17-4/h5-9,13,16H,10-12H2,1-4H3. The summed E-state index contributed by atoms with van der Waals surface area (Å²) in [4.78, 5) is 0. The Morgan fingerprint density at radius 1 is 1.24 bits per heavy atom. The lowest BCUT2D eigenvalue weighted by Crippen LogP contribution is -2.30. The monoisotopic (exact) mass is 235 g/mol. The van der Waals surface area contributed by atoms with Gasteiger partial charge in [-0.25, -0.2) is 0 Å². The Labute approximate surface area is 105 Å². The summed E-state index contributed by atoms with van der Waals surface area (Å²) in [6.45, 7) is 8.51. The van der Waals surface area contributed by atoms with Crippen molar-refractivity contribution in [2.75, 3.05) is 20.2 Å². The van der Waals surface area contributed by atoms with Crippen molar-refractivity contribution in [3.05, 3.63) is 35.9 Å². The van der Waals surface area contributed by atoms with Crippen molar-refractivity contribution in [1.29, 1.82) is 0 Å². The van der Waals surface area contributed by atoms with E-state index in [9.17, 15) is 0 Å². The normalized spacial score (nSPS) is 13.6. The molecule has 0 aliphatic heterocycles. The molecule has 0 heterocycles. The highest BCUT2D eigenvalue weighted by molar-refractivity contribution is 5.18. The maximum absolute atomic E-state index is 5.39. The van der Waals surface area contributed by atoms with Gasteiger partial charge in [0.1, 0.15) is 0 Å². The van der Waals surface area contributed by atoms with Crippen LogP contribution in [0.2, 0.25) is 0 Å². The van der Waals surface area contributed by atoms with Gasteiger partial charge >= 0.3 is 0 Å². The molecule has 1 N–H and O–H groups in total. The van der Waals surface area contributed by atoms with E-state index in [0.717, 1.165) is 19.5 Å². The maximum Gasteiger partial charge on any atom is 0.0634 e. The number of rotatable bonds is 7. The highest BCUT2D eigenvalue weighted by Crippen LogP contribution is 2.14. The van der Waals surface area contributed by atoms with Gasteiger partial charge in [0.2, 0.25) is 0 Å². The van der Waals surface area contributed by atoms with Gasteiger partial charge in [-0.1, -0.05) is 37.3 Å². The number of hydrogen-bond acceptors (Lipinski definition) is 2. The molecule has 0 amide bonds. The quantitative estimate of drug-likeness (QED) is 0.733. The molecule has 0 aliphatic carbocycles. The molecule has 1 aromatic rings. The number of benzene rings is 1. The van der Waals surface area contributed by atoms with Crippen LogP contribution in [0.3, 0.4) is 0 Å². The second-order valence-electron chi connectivity index (χ2n) is 5.23. The van der Waals surface area contributed by atoms with Crippen LogP contribution in [-0.4, -0.2) is 25.8 Å². The van der Waals surface area contributed by atoms with Crippen LogP contribution in [0.15, 0.2) is 30.3 Å². The van der Waals surface area contributed by atoms with E-state index in [1.54, 1.807) is 7.11 Å². The van der Waals surface area contributed by atoms with Crippen LogP contribution < -0.4 is 5.32 Å². The van der Waals surface area contributed by atoms with Gasteiger partial charge in [-0.15, -0.1) is 0 Å². The lowest BCUT2D eigenvalue weighted by Gasteiger charge is -2.23. The molecule has 1 unspecified atom stereocenters. The molecule has 0 aromatic heterocycles. The number of methoxy groups -OCH3 is 1. The van der Waals surface area contributed by atoms with Gasteiger partial charge in [-0.2, -0.15) is 0 Å². The average Bonchev–Trinajstić information content (AvgIpc) is 2.35. The van der Waals surface area contributed by atoms with Crippen molar-refractivity contribution in [2.45, 2.75) is 38.7 Å². The first-order valence-electron chi connectivity index (χ1n) is 6.36. The van der Waals surface area contributed by atoms with Gasteiger partial charge in [0.15, 0.2) is 0 Å². The second-order valence-corrected chi connectivity index (χ2v) is 5.23. The van der Waals surface area contributed by atoms with Gasteiger partial charge in [-0.05, 0) is 38.3 Å². The topological polar surface area (TPSA) is 21.3 Å². The van der Waals surface area contributed by atoms with Crippen LogP contribution >= 0.6 is 0 Å². The minimum atomic E-state index is -0.0248. The van der Waals surface area contributed by atoms with E-state index < -0.39 is 0 Å². The summed E-state index contributed by atoms with van der Waals surface area (Å²) in [6.07, 6.45) is 1.03. The molecule has 2 heteroatoms. The lowest BCUT2D eigenvalue weighted by molar-refractivity contribution is 0.0158. The highest BCUT2D eigenvalue weighted by Gasteiger charge is 2.15.